The van der Waals surface area contributed by atoms with Crippen LogP contribution < -0.4 is 0 Å². The normalized spacial score (nSPS) is 44.0. The molecule has 1 heterocycles. The monoisotopic (exact) mass is 313 g/mol. The van der Waals surface area contributed by atoms with Crippen molar-refractivity contribution >= 4 is 0 Å². The molecular formula is C14H19NO7. The van der Waals surface area contributed by atoms with Crippen LogP contribution in [0.2, 0.25) is 0 Å². The van der Waals surface area contributed by atoms with Crippen molar-refractivity contribution in [1.29, 1.82) is 5.26 Å². The molecule has 7 atom stereocenters. The average Bonchev–Trinajstić information content (AvgIpc) is 2.50. The van der Waals surface area contributed by atoms with Crippen molar-refractivity contribution in [3.63, 3.8) is 0 Å². The van der Waals surface area contributed by atoms with E-state index in [1.54, 1.807) is 0 Å². The van der Waals surface area contributed by atoms with E-state index in [2.05, 4.69) is 0 Å². The fourth-order valence-electron chi connectivity index (χ4n) is 2.45. The fraction of sp³-hybridized carbons (Fsp3) is 0.643. The molecule has 2 aliphatic rings. The van der Waals surface area contributed by atoms with Gasteiger partial charge in [-0.3, -0.25) is 0 Å². The minimum Gasteiger partial charge on any atom is -0.394 e. The quantitative estimate of drug-likeness (QED) is 0.374. The van der Waals surface area contributed by atoms with E-state index in [9.17, 15) is 20.4 Å². The first-order valence-electron chi connectivity index (χ1n) is 6.89. The first-order valence-corrected chi connectivity index (χ1v) is 6.89. The molecule has 1 saturated heterocycles. The summed E-state index contributed by atoms with van der Waals surface area (Å²) in [4.78, 5) is 0. The Labute approximate surface area is 127 Å². The van der Waals surface area contributed by atoms with Gasteiger partial charge in [0.15, 0.2) is 6.29 Å². The topological polar surface area (TPSA) is 143 Å². The van der Waals surface area contributed by atoms with Crippen molar-refractivity contribution < 1.29 is 35.0 Å². The van der Waals surface area contributed by atoms with Gasteiger partial charge in [0.2, 0.25) is 0 Å². The van der Waals surface area contributed by atoms with Gasteiger partial charge in [0.05, 0.1) is 24.9 Å². The van der Waals surface area contributed by atoms with Crippen LogP contribution in [0.3, 0.4) is 0 Å². The van der Waals surface area contributed by atoms with Crippen LogP contribution in [0, 0.1) is 11.3 Å². The van der Waals surface area contributed by atoms with Gasteiger partial charge < -0.3 is 35.0 Å². The van der Waals surface area contributed by atoms with Gasteiger partial charge >= 0.3 is 0 Å². The molecule has 0 saturated carbocycles. The van der Waals surface area contributed by atoms with Gasteiger partial charge in [-0.1, -0.05) is 12.2 Å². The SMILES string of the molecule is N#CC=C1C=C[C@@H](O)C[C@@H]1O[C@@H]1O[C@H](CO)[C@@H](O)[C@H](O)[C@H]1O. The molecular weight excluding hydrogens is 294 g/mol. The zero-order valence-corrected chi connectivity index (χ0v) is 11.7. The highest BCUT2D eigenvalue weighted by atomic mass is 16.7. The highest BCUT2D eigenvalue weighted by Crippen LogP contribution is 2.28. The number of rotatable bonds is 3. The summed E-state index contributed by atoms with van der Waals surface area (Å²) in [6.45, 7) is -0.557. The van der Waals surface area contributed by atoms with Crippen molar-refractivity contribution in [3.05, 3.63) is 23.8 Å². The zero-order valence-electron chi connectivity index (χ0n) is 11.7. The maximum atomic E-state index is 9.93. The molecule has 0 amide bonds. The third-order valence-electron chi connectivity index (χ3n) is 3.72. The van der Waals surface area contributed by atoms with Crippen molar-refractivity contribution in [2.24, 2.45) is 0 Å². The molecule has 5 N–H and O–H groups in total. The van der Waals surface area contributed by atoms with Crippen molar-refractivity contribution in [2.45, 2.75) is 49.3 Å². The molecule has 0 aromatic heterocycles. The Morgan fingerprint density at radius 3 is 2.64 bits per heavy atom. The average molecular weight is 313 g/mol. The Morgan fingerprint density at radius 2 is 2.00 bits per heavy atom. The molecule has 0 spiro atoms. The number of hydrogen-bond acceptors (Lipinski definition) is 8. The number of aliphatic hydroxyl groups excluding tert-OH is 5. The molecule has 1 fully saturated rings. The van der Waals surface area contributed by atoms with E-state index in [0.29, 0.717) is 5.57 Å². The maximum Gasteiger partial charge on any atom is 0.187 e. The third-order valence-corrected chi connectivity index (χ3v) is 3.72. The maximum absolute atomic E-state index is 9.93. The Hall–Kier alpha value is -1.31. The molecule has 122 valence electrons. The molecule has 0 bridgehead atoms. The zero-order chi connectivity index (χ0) is 16.3. The van der Waals surface area contributed by atoms with Gasteiger partial charge in [0.1, 0.15) is 24.4 Å². The van der Waals surface area contributed by atoms with E-state index in [-0.39, 0.29) is 6.42 Å². The predicted molar refractivity (Wildman–Crippen MR) is 72.1 cm³/mol. The van der Waals surface area contributed by atoms with E-state index in [4.69, 9.17) is 19.8 Å². The number of ether oxygens (including phenoxy) is 2. The fourth-order valence-corrected chi connectivity index (χ4v) is 2.45. The van der Waals surface area contributed by atoms with Gasteiger partial charge in [-0.2, -0.15) is 5.26 Å². The van der Waals surface area contributed by atoms with Gasteiger partial charge in [0.25, 0.3) is 0 Å². The second-order valence-electron chi connectivity index (χ2n) is 5.26. The number of hydrogen-bond donors (Lipinski definition) is 5. The summed E-state index contributed by atoms with van der Waals surface area (Å²) in [5, 5.41) is 56.9. The third kappa shape index (κ3) is 3.53. The number of aliphatic hydroxyl groups is 5. The summed E-state index contributed by atoms with van der Waals surface area (Å²) in [6.07, 6.45) is -3.96. The van der Waals surface area contributed by atoms with Crippen LogP contribution in [0.1, 0.15) is 6.42 Å². The Morgan fingerprint density at radius 1 is 1.27 bits per heavy atom. The van der Waals surface area contributed by atoms with Crippen LogP contribution in [-0.4, -0.2) is 75.1 Å². The second kappa shape index (κ2) is 7.30. The van der Waals surface area contributed by atoms with Gasteiger partial charge in [-0.05, 0) is 5.57 Å². The lowest BCUT2D eigenvalue weighted by atomic mass is 9.95. The molecule has 1 aliphatic heterocycles. The van der Waals surface area contributed by atoms with Crippen LogP contribution >= 0.6 is 0 Å². The number of nitrogens with zero attached hydrogens (tertiary/aromatic N) is 1. The van der Waals surface area contributed by atoms with Crippen molar-refractivity contribution in [1.82, 2.24) is 0 Å². The summed E-state index contributed by atoms with van der Waals surface area (Å²) < 4.78 is 10.8. The van der Waals surface area contributed by atoms with Crippen LogP contribution in [0.5, 0.6) is 0 Å². The molecule has 2 rings (SSSR count). The van der Waals surface area contributed by atoms with Crippen LogP contribution in [0.25, 0.3) is 0 Å². The van der Waals surface area contributed by atoms with E-state index in [1.807, 2.05) is 6.07 Å². The standard InChI is InChI=1S/C14H19NO7/c15-4-3-7-1-2-8(17)5-9(7)21-14-13(20)12(19)11(18)10(6-16)22-14/h1-3,8-14,16-20H,5-6H2/t8-,9+,10-,11-,12+,13-,14-/m1/s1. The summed E-state index contributed by atoms with van der Waals surface area (Å²) in [5.41, 5.74) is 0.491. The molecule has 0 aromatic carbocycles. The van der Waals surface area contributed by atoms with Crippen LogP contribution in [0.15, 0.2) is 23.8 Å². The van der Waals surface area contributed by atoms with E-state index >= 15 is 0 Å². The van der Waals surface area contributed by atoms with Crippen LogP contribution in [0.4, 0.5) is 0 Å². The highest BCUT2D eigenvalue weighted by Gasteiger charge is 2.45. The van der Waals surface area contributed by atoms with Crippen LogP contribution in [-0.2, 0) is 9.47 Å². The lowest BCUT2D eigenvalue weighted by Crippen LogP contribution is -2.59. The lowest BCUT2D eigenvalue weighted by molar-refractivity contribution is -0.309. The van der Waals surface area contributed by atoms with E-state index < -0.39 is 49.5 Å². The summed E-state index contributed by atoms with van der Waals surface area (Å²) in [6, 6.07) is 1.86. The minimum absolute atomic E-state index is 0.152. The first-order chi connectivity index (χ1) is 10.5. The molecule has 0 radical (unpaired) electrons. The second-order valence-corrected chi connectivity index (χ2v) is 5.26. The molecule has 0 unspecified atom stereocenters. The molecule has 8 heteroatoms. The summed E-state index contributed by atoms with van der Waals surface area (Å²) >= 11 is 0. The van der Waals surface area contributed by atoms with Crippen molar-refractivity contribution in [2.75, 3.05) is 6.61 Å². The largest absolute Gasteiger partial charge is 0.394 e. The Kier molecular flexibility index (Phi) is 5.66. The number of allylic oxidation sites excluding steroid dienone is 1. The molecule has 1 aliphatic carbocycles. The van der Waals surface area contributed by atoms with Gasteiger partial charge in [0, 0.05) is 12.5 Å². The lowest BCUT2D eigenvalue weighted by Gasteiger charge is -2.41. The molecule has 0 aromatic rings. The number of nitriles is 1. The van der Waals surface area contributed by atoms with Crippen molar-refractivity contribution in [3.8, 4) is 6.07 Å². The first kappa shape index (κ1) is 17.1. The van der Waals surface area contributed by atoms with E-state index in [1.165, 1.54) is 18.2 Å². The molecule has 22 heavy (non-hydrogen) atoms. The van der Waals surface area contributed by atoms with Gasteiger partial charge in [-0.15, -0.1) is 0 Å². The highest BCUT2D eigenvalue weighted by molar-refractivity contribution is 5.32. The summed E-state index contributed by atoms with van der Waals surface area (Å²) in [5.74, 6) is 0. The minimum atomic E-state index is -1.54. The Balaban J connectivity index is 2.12. The predicted octanol–water partition coefficient (Wildman–Crippen LogP) is -2.06. The molecule has 8 nitrogen and oxygen atoms in total. The Bertz CT molecular complexity index is 484. The van der Waals surface area contributed by atoms with E-state index in [0.717, 1.165) is 0 Å². The smallest absolute Gasteiger partial charge is 0.187 e. The summed E-state index contributed by atoms with van der Waals surface area (Å²) in [7, 11) is 0. The van der Waals surface area contributed by atoms with Gasteiger partial charge in [-0.25, -0.2) is 0 Å².